The fourth-order valence-corrected chi connectivity index (χ4v) is 5.95. The van der Waals surface area contributed by atoms with Crippen molar-refractivity contribution in [1.82, 2.24) is 9.55 Å². The third kappa shape index (κ3) is 1.90. The molecular formula is C18H18N2O3S. The highest BCUT2D eigenvalue weighted by atomic mass is 32.2. The maximum atomic E-state index is 13.3. The molecule has 0 unspecified atom stereocenters. The summed E-state index contributed by atoms with van der Waals surface area (Å²) < 4.78 is 28.2. The number of sulfone groups is 1. The molecule has 0 fully saturated rings. The molecule has 4 rings (SSSR count). The van der Waals surface area contributed by atoms with Gasteiger partial charge in [-0.1, -0.05) is 42.5 Å². The van der Waals surface area contributed by atoms with E-state index < -0.39 is 26.7 Å². The average molecular weight is 342 g/mol. The third-order valence-electron chi connectivity index (χ3n) is 4.99. The van der Waals surface area contributed by atoms with Crippen LogP contribution in [-0.4, -0.2) is 28.7 Å². The first-order chi connectivity index (χ1) is 11.3. The van der Waals surface area contributed by atoms with Gasteiger partial charge in [0.2, 0.25) is 15.0 Å². The van der Waals surface area contributed by atoms with E-state index in [-0.39, 0.29) is 5.16 Å². The molecule has 3 atom stereocenters. The number of hydrogen-bond donors (Lipinski definition) is 1. The summed E-state index contributed by atoms with van der Waals surface area (Å²) in [4.78, 5) is 4.36. The average Bonchev–Trinajstić information content (AvgIpc) is 2.94. The summed E-state index contributed by atoms with van der Waals surface area (Å²) >= 11 is 0. The van der Waals surface area contributed by atoms with Gasteiger partial charge in [0, 0.05) is 0 Å². The summed E-state index contributed by atoms with van der Waals surface area (Å²) in [5, 5.41) is 10.2. The van der Waals surface area contributed by atoms with Crippen LogP contribution in [-0.2, 0) is 9.84 Å². The molecule has 2 heterocycles. The highest BCUT2D eigenvalue weighted by Gasteiger charge is 2.54. The summed E-state index contributed by atoms with van der Waals surface area (Å²) in [6.45, 7) is 3.42. The van der Waals surface area contributed by atoms with Crippen molar-refractivity contribution in [3.8, 4) is 0 Å². The summed E-state index contributed by atoms with van der Waals surface area (Å²) in [6, 6.07) is 15.7. The van der Waals surface area contributed by atoms with E-state index >= 15 is 0 Å². The van der Waals surface area contributed by atoms with Gasteiger partial charge in [-0.05, 0) is 31.5 Å². The number of rotatable bonds is 1. The van der Waals surface area contributed by atoms with Crippen LogP contribution in [0, 0.1) is 0 Å². The minimum atomic E-state index is -3.84. The normalized spacial score (nSPS) is 28.6. The molecule has 24 heavy (non-hydrogen) atoms. The lowest BCUT2D eigenvalue weighted by Gasteiger charge is -2.42. The van der Waals surface area contributed by atoms with Crippen LogP contribution >= 0.6 is 0 Å². The van der Waals surface area contributed by atoms with Gasteiger partial charge in [-0.25, -0.2) is 13.4 Å². The molecule has 0 radical (unpaired) electrons. The Hall–Kier alpha value is -2.18. The van der Waals surface area contributed by atoms with Gasteiger partial charge < -0.3 is 9.67 Å². The number of imidazole rings is 1. The predicted molar refractivity (Wildman–Crippen MR) is 91.4 cm³/mol. The molecule has 2 aromatic carbocycles. The molecule has 1 aromatic heterocycles. The maximum absolute atomic E-state index is 13.3. The smallest absolute Gasteiger partial charge is 0.229 e. The molecule has 1 aliphatic rings. The molecule has 6 heteroatoms. The Morgan fingerprint density at radius 1 is 1.08 bits per heavy atom. The predicted octanol–water partition coefficient (Wildman–Crippen LogP) is 2.88. The van der Waals surface area contributed by atoms with E-state index in [4.69, 9.17) is 0 Å². The lowest BCUT2D eigenvalue weighted by molar-refractivity contribution is -0.000609. The van der Waals surface area contributed by atoms with Gasteiger partial charge in [-0.15, -0.1) is 0 Å². The molecule has 0 amide bonds. The molecule has 1 aliphatic heterocycles. The van der Waals surface area contributed by atoms with E-state index in [2.05, 4.69) is 4.98 Å². The lowest BCUT2D eigenvalue weighted by Crippen LogP contribution is -2.49. The van der Waals surface area contributed by atoms with Crippen molar-refractivity contribution in [1.29, 1.82) is 0 Å². The fourth-order valence-electron chi connectivity index (χ4n) is 3.64. The van der Waals surface area contributed by atoms with Crippen molar-refractivity contribution in [2.24, 2.45) is 0 Å². The zero-order valence-corrected chi connectivity index (χ0v) is 14.2. The van der Waals surface area contributed by atoms with Crippen LogP contribution in [0.5, 0.6) is 0 Å². The molecule has 5 nitrogen and oxygen atoms in total. The van der Waals surface area contributed by atoms with Crippen LogP contribution in [0.15, 0.2) is 59.8 Å². The topological polar surface area (TPSA) is 72.2 Å². The number of hydrogen-bond acceptors (Lipinski definition) is 4. The minimum absolute atomic E-state index is 0.0246. The van der Waals surface area contributed by atoms with Crippen molar-refractivity contribution in [2.75, 3.05) is 0 Å². The van der Waals surface area contributed by atoms with Crippen LogP contribution in [0.1, 0.15) is 30.7 Å². The fraction of sp³-hybridized carbons (Fsp3) is 0.278. The molecule has 0 saturated heterocycles. The van der Waals surface area contributed by atoms with Gasteiger partial charge in [0.15, 0.2) is 0 Å². The number of aliphatic hydroxyl groups is 1. The molecule has 0 bridgehead atoms. The van der Waals surface area contributed by atoms with E-state index in [9.17, 15) is 13.5 Å². The number of para-hydroxylation sites is 2. The Labute approximate surface area is 140 Å². The Morgan fingerprint density at radius 3 is 2.42 bits per heavy atom. The monoisotopic (exact) mass is 342 g/mol. The van der Waals surface area contributed by atoms with Crippen molar-refractivity contribution in [2.45, 2.75) is 35.9 Å². The Morgan fingerprint density at radius 2 is 1.71 bits per heavy atom. The van der Waals surface area contributed by atoms with Crippen molar-refractivity contribution < 1.29 is 13.5 Å². The second-order valence-corrected chi connectivity index (χ2v) is 8.42. The first-order valence-corrected chi connectivity index (χ1v) is 9.38. The molecule has 3 aromatic rings. The molecule has 0 aliphatic carbocycles. The molecular weight excluding hydrogens is 324 g/mol. The van der Waals surface area contributed by atoms with Crippen molar-refractivity contribution in [3.63, 3.8) is 0 Å². The van der Waals surface area contributed by atoms with E-state index in [0.717, 1.165) is 5.52 Å². The summed E-state index contributed by atoms with van der Waals surface area (Å²) in [6.07, 6.45) is 0. The zero-order valence-electron chi connectivity index (χ0n) is 13.4. The highest BCUT2D eigenvalue weighted by molar-refractivity contribution is 7.91. The van der Waals surface area contributed by atoms with Crippen LogP contribution in [0.2, 0.25) is 0 Å². The molecule has 0 spiro atoms. The van der Waals surface area contributed by atoms with Gasteiger partial charge >= 0.3 is 0 Å². The second kappa shape index (κ2) is 4.91. The number of fused-ring (bicyclic) bond motifs is 3. The Bertz CT molecular complexity index is 1020. The van der Waals surface area contributed by atoms with Gasteiger partial charge in [-0.2, -0.15) is 0 Å². The summed E-state index contributed by atoms with van der Waals surface area (Å²) in [5.74, 6) is 0. The zero-order chi connectivity index (χ0) is 17.1. The van der Waals surface area contributed by atoms with E-state index in [1.54, 1.807) is 41.8 Å². The maximum Gasteiger partial charge on any atom is 0.229 e. The first kappa shape index (κ1) is 15.4. The third-order valence-corrected chi connectivity index (χ3v) is 7.16. The molecule has 1 N–H and O–H groups in total. The summed E-state index contributed by atoms with van der Waals surface area (Å²) in [7, 11) is -3.84. The van der Waals surface area contributed by atoms with Crippen LogP contribution in [0.25, 0.3) is 11.0 Å². The Balaban J connectivity index is 2.07. The largest absolute Gasteiger partial charge is 0.386 e. The number of nitrogens with zero attached hydrogens (tertiary/aromatic N) is 2. The van der Waals surface area contributed by atoms with Crippen molar-refractivity contribution in [3.05, 3.63) is 60.2 Å². The standard InChI is InChI=1S/C18H18N2O3S/c1-12-18(2,21)16(13-8-4-3-5-9-13)24(22,23)17-19-14-10-6-7-11-15(14)20(12)17/h3-12,16,21H,1-2H3/t12-,16+,18-/m0/s1. The number of benzene rings is 2. The van der Waals surface area contributed by atoms with Gasteiger partial charge in [0.1, 0.15) is 10.9 Å². The minimum Gasteiger partial charge on any atom is -0.386 e. The van der Waals surface area contributed by atoms with Gasteiger partial charge in [0.25, 0.3) is 0 Å². The van der Waals surface area contributed by atoms with Crippen LogP contribution in [0.4, 0.5) is 0 Å². The van der Waals surface area contributed by atoms with E-state index in [1.165, 1.54) is 0 Å². The van der Waals surface area contributed by atoms with Gasteiger partial charge in [-0.3, -0.25) is 0 Å². The van der Waals surface area contributed by atoms with Crippen LogP contribution < -0.4 is 0 Å². The molecule has 0 saturated carbocycles. The first-order valence-electron chi connectivity index (χ1n) is 7.83. The highest BCUT2D eigenvalue weighted by Crippen LogP contribution is 2.48. The van der Waals surface area contributed by atoms with E-state index in [0.29, 0.717) is 11.1 Å². The van der Waals surface area contributed by atoms with Crippen LogP contribution in [0.3, 0.4) is 0 Å². The number of aromatic nitrogens is 2. The lowest BCUT2D eigenvalue weighted by atomic mass is 9.88. The summed E-state index contributed by atoms with van der Waals surface area (Å²) in [5.41, 5.74) is 0.451. The van der Waals surface area contributed by atoms with Crippen molar-refractivity contribution >= 4 is 20.9 Å². The Kier molecular flexibility index (Phi) is 3.14. The SMILES string of the molecule is C[C@@H]1n2c(nc3ccccc32)S(=O)(=O)[C@H](c2ccccc2)[C@@]1(C)O. The van der Waals surface area contributed by atoms with E-state index in [1.807, 2.05) is 31.2 Å². The second-order valence-electron chi connectivity index (χ2n) is 6.49. The quantitative estimate of drug-likeness (QED) is 0.738. The molecule has 124 valence electrons. The van der Waals surface area contributed by atoms with Gasteiger partial charge in [0.05, 0.1) is 17.1 Å².